The highest BCUT2D eigenvalue weighted by Gasteiger charge is 2.18. The van der Waals surface area contributed by atoms with Gasteiger partial charge in [0.15, 0.2) is 0 Å². The lowest BCUT2D eigenvalue weighted by Crippen LogP contribution is -2.38. The fraction of sp³-hybridized carbons (Fsp3) is 1.00. The minimum atomic E-state index is 0.388. The number of rotatable bonds is 6. The van der Waals surface area contributed by atoms with Gasteiger partial charge in [-0.2, -0.15) is 11.8 Å². The summed E-state index contributed by atoms with van der Waals surface area (Å²) in [5.41, 5.74) is 0.388. The highest BCUT2D eigenvalue weighted by Crippen LogP contribution is 2.18. The van der Waals surface area contributed by atoms with Crippen LogP contribution in [0.25, 0.3) is 0 Å². The van der Waals surface area contributed by atoms with Crippen molar-refractivity contribution in [3.8, 4) is 0 Å². The third-order valence-corrected chi connectivity index (χ3v) is 3.22. The number of nitrogens with one attached hydrogen (secondary N) is 1. The summed E-state index contributed by atoms with van der Waals surface area (Å²) >= 11 is 1.94. The maximum absolute atomic E-state index is 3.57. The summed E-state index contributed by atoms with van der Waals surface area (Å²) < 4.78 is 0. The average molecular weight is 203 g/mol. The van der Waals surface area contributed by atoms with Crippen molar-refractivity contribution in [3.05, 3.63) is 0 Å². The number of hydrogen-bond donors (Lipinski definition) is 1. The van der Waals surface area contributed by atoms with Crippen LogP contribution in [0, 0.1) is 5.41 Å². The molecule has 1 N–H and O–H groups in total. The molecule has 0 amide bonds. The lowest BCUT2D eigenvalue weighted by atomic mass is 9.88. The van der Waals surface area contributed by atoms with Gasteiger partial charge in [-0.15, -0.1) is 0 Å². The van der Waals surface area contributed by atoms with Crippen molar-refractivity contribution in [3.63, 3.8) is 0 Å². The van der Waals surface area contributed by atoms with Gasteiger partial charge in [-0.1, -0.05) is 20.8 Å². The van der Waals surface area contributed by atoms with E-state index in [1.807, 2.05) is 11.8 Å². The predicted molar refractivity (Wildman–Crippen MR) is 64.5 cm³/mol. The lowest BCUT2D eigenvalue weighted by molar-refractivity contribution is 0.286. The van der Waals surface area contributed by atoms with Crippen molar-refractivity contribution in [1.29, 1.82) is 0 Å². The molecule has 2 heteroatoms. The molecule has 1 nitrogen and oxygen atoms in total. The molecular formula is C11H25NS. The van der Waals surface area contributed by atoms with Crippen molar-refractivity contribution in [2.75, 3.05) is 18.6 Å². The highest BCUT2D eigenvalue weighted by molar-refractivity contribution is 7.98. The second-order valence-corrected chi connectivity index (χ2v) is 5.73. The molecule has 0 aromatic heterocycles. The molecule has 1 unspecified atom stereocenters. The SMILES string of the molecule is CSCCCCNC(C)C(C)(C)C. The van der Waals surface area contributed by atoms with Crippen LogP contribution in [0.1, 0.15) is 40.5 Å². The van der Waals surface area contributed by atoms with Crippen LogP contribution < -0.4 is 5.32 Å². The molecular weight excluding hydrogens is 178 g/mol. The first kappa shape index (κ1) is 13.3. The molecule has 0 saturated carbocycles. The summed E-state index contributed by atoms with van der Waals surface area (Å²) in [5.74, 6) is 1.30. The first-order valence-electron chi connectivity index (χ1n) is 5.21. The van der Waals surface area contributed by atoms with E-state index in [1.54, 1.807) is 0 Å². The molecule has 0 rings (SSSR count). The Kier molecular flexibility index (Phi) is 6.88. The van der Waals surface area contributed by atoms with Gasteiger partial charge in [0.1, 0.15) is 0 Å². The summed E-state index contributed by atoms with van der Waals surface area (Å²) in [7, 11) is 0. The van der Waals surface area contributed by atoms with Crippen molar-refractivity contribution in [2.45, 2.75) is 46.6 Å². The van der Waals surface area contributed by atoms with Gasteiger partial charge in [-0.25, -0.2) is 0 Å². The molecule has 80 valence electrons. The minimum Gasteiger partial charge on any atom is -0.314 e. The largest absolute Gasteiger partial charge is 0.314 e. The molecule has 0 bridgehead atoms. The molecule has 0 aliphatic rings. The molecule has 0 aliphatic carbocycles. The number of unbranched alkanes of at least 4 members (excludes halogenated alkanes) is 1. The predicted octanol–water partition coefficient (Wildman–Crippen LogP) is 3.15. The third kappa shape index (κ3) is 7.39. The van der Waals surface area contributed by atoms with Crippen LogP contribution in [-0.4, -0.2) is 24.6 Å². The second-order valence-electron chi connectivity index (χ2n) is 4.74. The Balaban J connectivity index is 3.32. The topological polar surface area (TPSA) is 12.0 Å². The van der Waals surface area contributed by atoms with E-state index in [9.17, 15) is 0 Å². The summed E-state index contributed by atoms with van der Waals surface area (Å²) in [5, 5.41) is 3.57. The maximum atomic E-state index is 3.57. The zero-order valence-electron chi connectivity index (χ0n) is 9.81. The van der Waals surface area contributed by atoms with Crippen molar-refractivity contribution in [1.82, 2.24) is 5.32 Å². The van der Waals surface area contributed by atoms with Crippen molar-refractivity contribution in [2.24, 2.45) is 5.41 Å². The lowest BCUT2D eigenvalue weighted by Gasteiger charge is -2.28. The summed E-state index contributed by atoms with van der Waals surface area (Å²) in [4.78, 5) is 0. The van der Waals surface area contributed by atoms with E-state index in [1.165, 1.54) is 25.1 Å². The molecule has 0 heterocycles. The number of hydrogen-bond acceptors (Lipinski definition) is 2. The van der Waals surface area contributed by atoms with Crippen LogP contribution in [0.2, 0.25) is 0 Å². The molecule has 0 fully saturated rings. The van der Waals surface area contributed by atoms with Crippen molar-refractivity contribution < 1.29 is 0 Å². The third-order valence-electron chi connectivity index (χ3n) is 2.52. The maximum Gasteiger partial charge on any atom is 0.00872 e. The molecule has 13 heavy (non-hydrogen) atoms. The molecule has 0 saturated heterocycles. The van der Waals surface area contributed by atoms with Gasteiger partial charge in [-0.05, 0) is 43.7 Å². The monoisotopic (exact) mass is 203 g/mol. The quantitative estimate of drug-likeness (QED) is 0.666. The second kappa shape index (κ2) is 6.72. The summed E-state index contributed by atoms with van der Waals surface area (Å²) in [6.45, 7) is 10.3. The van der Waals surface area contributed by atoms with Gasteiger partial charge in [0, 0.05) is 6.04 Å². The molecule has 0 spiro atoms. The zero-order valence-corrected chi connectivity index (χ0v) is 10.6. The van der Waals surface area contributed by atoms with Gasteiger partial charge >= 0.3 is 0 Å². The Morgan fingerprint density at radius 2 is 1.85 bits per heavy atom. The molecule has 0 aromatic carbocycles. The van der Waals surface area contributed by atoms with E-state index >= 15 is 0 Å². The van der Waals surface area contributed by atoms with Gasteiger partial charge in [0.2, 0.25) is 0 Å². The minimum absolute atomic E-state index is 0.388. The van der Waals surface area contributed by atoms with E-state index in [0.29, 0.717) is 11.5 Å². The van der Waals surface area contributed by atoms with Crippen LogP contribution >= 0.6 is 11.8 Å². The molecule has 0 aromatic rings. The zero-order chi connectivity index (χ0) is 10.3. The van der Waals surface area contributed by atoms with Crippen LogP contribution in [0.3, 0.4) is 0 Å². The summed E-state index contributed by atoms with van der Waals surface area (Å²) in [6.07, 6.45) is 4.82. The standard InChI is InChI=1S/C11H25NS/c1-10(11(2,3)4)12-8-6-7-9-13-5/h10,12H,6-9H2,1-5H3. The average Bonchev–Trinajstić information content (AvgIpc) is 2.02. The van der Waals surface area contributed by atoms with Gasteiger partial charge in [0.25, 0.3) is 0 Å². The molecule has 1 atom stereocenters. The van der Waals surface area contributed by atoms with E-state index in [-0.39, 0.29) is 0 Å². The van der Waals surface area contributed by atoms with Gasteiger partial charge in [0.05, 0.1) is 0 Å². The van der Waals surface area contributed by atoms with E-state index < -0.39 is 0 Å². The highest BCUT2D eigenvalue weighted by atomic mass is 32.2. The Bertz CT molecular complexity index is 118. The fourth-order valence-corrected chi connectivity index (χ4v) is 1.49. The first-order chi connectivity index (χ1) is 5.98. The normalized spacial score (nSPS) is 14.5. The van der Waals surface area contributed by atoms with Crippen LogP contribution in [0.15, 0.2) is 0 Å². The molecule has 0 aliphatic heterocycles. The fourth-order valence-electron chi connectivity index (χ4n) is 0.996. The first-order valence-corrected chi connectivity index (χ1v) is 6.60. The van der Waals surface area contributed by atoms with Gasteiger partial charge < -0.3 is 5.32 Å². The van der Waals surface area contributed by atoms with E-state index in [2.05, 4.69) is 39.3 Å². The molecule has 0 radical (unpaired) electrons. The summed E-state index contributed by atoms with van der Waals surface area (Å²) in [6, 6.07) is 0.613. The van der Waals surface area contributed by atoms with Crippen LogP contribution in [0.5, 0.6) is 0 Å². The Morgan fingerprint density at radius 1 is 1.23 bits per heavy atom. The van der Waals surface area contributed by atoms with Gasteiger partial charge in [-0.3, -0.25) is 0 Å². The van der Waals surface area contributed by atoms with E-state index in [4.69, 9.17) is 0 Å². The Morgan fingerprint density at radius 3 is 2.31 bits per heavy atom. The van der Waals surface area contributed by atoms with Crippen LogP contribution in [-0.2, 0) is 0 Å². The smallest absolute Gasteiger partial charge is 0.00872 e. The van der Waals surface area contributed by atoms with Crippen LogP contribution in [0.4, 0.5) is 0 Å². The Hall–Kier alpha value is 0.310. The number of thioether (sulfide) groups is 1. The Labute approximate surface area is 88.1 Å². The van der Waals surface area contributed by atoms with Crippen molar-refractivity contribution >= 4 is 11.8 Å². The van der Waals surface area contributed by atoms with E-state index in [0.717, 1.165) is 0 Å².